The Hall–Kier alpha value is -1.55. The van der Waals surface area contributed by atoms with E-state index in [2.05, 4.69) is 0 Å². The quantitative estimate of drug-likeness (QED) is 0.763. The van der Waals surface area contributed by atoms with Crippen LogP contribution in [0.25, 0.3) is 0 Å². The summed E-state index contributed by atoms with van der Waals surface area (Å²) in [6, 6.07) is 5.31. The van der Waals surface area contributed by atoms with Crippen LogP contribution in [0.4, 0.5) is 0 Å². The Labute approximate surface area is 101 Å². The number of hydrogen-bond acceptors (Lipinski definition) is 4. The third-order valence-electron chi connectivity index (χ3n) is 2.60. The van der Waals surface area contributed by atoms with E-state index in [1.54, 1.807) is 39.3 Å². The lowest BCUT2D eigenvalue weighted by Gasteiger charge is -2.17. The smallest absolute Gasteiger partial charge is 0.165 e. The molecule has 0 amide bonds. The molecule has 4 nitrogen and oxygen atoms in total. The minimum atomic E-state index is -0.606. The average Bonchev–Trinajstić information content (AvgIpc) is 2.39. The lowest BCUT2D eigenvalue weighted by molar-refractivity contribution is -0.128. The number of ether oxygens (including phenoxy) is 3. The van der Waals surface area contributed by atoms with Crippen LogP contribution in [0.5, 0.6) is 11.5 Å². The third kappa shape index (κ3) is 2.97. The molecule has 4 heteroatoms. The monoisotopic (exact) mass is 238 g/mol. The third-order valence-corrected chi connectivity index (χ3v) is 2.60. The van der Waals surface area contributed by atoms with Gasteiger partial charge in [0.05, 0.1) is 14.2 Å². The van der Waals surface area contributed by atoms with Gasteiger partial charge in [-0.15, -0.1) is 0 Å². The molecule has 0 aromatic heterocycles. The summed E-state index contributed by atoms with van der Waals surface area (Å²) in [5, 5.41) is 0. The first-order valence-corrected chi connectivity index (χ1v) is 5.45. The fourth-order valence-corrected chi connectivity index (χ4v) is 1.66. The van der Waals surface area contributed by atoms with Crippen LogP contribution < -0.4 is 9.47 Å². The Morgan fingerprint density at radius 2 is 1.94 bits per heavy atom. The topological polar surface area (TPSA) is 44.8 Å². The number of ketones is 1. The largest absolute Gasteiger partial charge is 0.497 e. The van der Waals surface area contributed by atoms with Crippen LogP contribution in [0.15, 0.2) is 18.2 Å². The molecule has 1 aromatic carbocycles. The Morgan fingerprint density at radius 3 is 2.41 bits per heavy atom. The zero-order valence-electron chi connectivity index (χ0n) is 10.6. The van der Waals surface area contributed by atoms with Crippen molar-refractivity contribution in [1.82, 2.24) is 0 Å². The first-order chi connectivity index (χ1) is 8.17. The van der Waals surface area contributed by atoms with Crippen LogP contribution in [0, 0.1) is 0 Å². The lowest BCUT2D eigenvalue weighted by atomic mass is 10.0. The zero-order valence-corrected chi connectivity index (χ0v) is 10.6. The molecule has 0 fully saturated rings. The zero-order chi connectivity index (χ0) is 12.8. The van der Waals surface area contributed by atoms with E-state index in [-0.39, 0.29) is 5.78 Å². The molecule has 0 spiro atoms. The number of rotatable bonds is 6. The molecule has 0 saturated carbocycles. The van der Waals surface area contributed by atoms with Crippen molar-refractivity contribution in [3.8, 4) is 11.5 Å². The number of hydrogen-bond donors (Lipinski definition) is 0. The van der Waals surface area contributed by atoms with Gasteiger partial charge in [-0.05, 0) is 18.2 Å². The Balaban J connectivity index is 3.19. The fourth-order valence-electron chi connectivity index (χ4n) is 1.66. The van der Waals surface area contributed by atoms with E-state index in [1.807, 2.05) is 0 Å². The van der Waals surface area contributed by atoms with E-state index < -0.39 is 6.10 Å². The van der Waals surface area contributed by atoms with Gasteiger partial charge in [-0.1, -0.05) is 6.92 Å². The summed E-state index contributed by atoms with van der Waals surface area (Å²) < 4.78 is 15.6. The second kappa shape index (κ2) is 6.25. The van der Waals surface area contributed by atoms with Crippen LogP contribution in [0.1, 0.15) is 25.0 Å². The molecule has 0 aliphatic heterocycles. The molecule has 0 bridgehead atoms. The lowest BCUT2D eigenvalue weighted by Crippen LogP contribution is -2.14. The highest BCUT2D eigenvalue weighted by Gasteiger charge is 2.22. The van der Waals surface area contributed by atoms with Crippen LogP contribution in [0.3, 0.4) is 0 Å². The minimum Gasteiger partial charge on any atom is -0.497 e. The number of carbonyl (C=O) groups excluding carboxylic acids is 1. The molecule has 94 valence electrons. The van der Waals surface area contributed by atoms with E-state index in [0.29, 0.717) is 23.5 Å². The summed E-state index contributed by atoms with van der Waals surface area (Å²) in [5.41, 5.74) is 0.696. The Bertz CT molecular complexity index is 387. The van der Waals surface area contributed by atoms with Crippen molar-refractivity contribution >= 4 is 5.78 Å². The van der Waals surface area contributed by atoms with Crippen molar-refractivity contribution in [2.45, 2.75) is 19.4 Å². The molecule has 0 radical (unpaired) electrons. The normalized spacial score (nSPS) is 12.0. The second-order valence-corrected chi connectivity index (χ2v) is 3.54. The standard InChI is InChI=1S/C13H18O4/c1-5-11(14)13(17-4)10-8-9(15-2)6-7-12(10)16-3/h6-8,13H,5H2,1-4H3. The highest BCUT2D eigenvalue weighted by atomic mass is 16.5. The molecular weight excluding hydrogens is 220 g/mol. The molecule has 0 aliphatic carbocycles. The molecule has 0 aliphatic rings. The van der Waals surface area contributed by atoms with Gasteiger partial charge >= 0.3 is 0 Å². The van der Waals surface area contributed by atoms with E-state index in [1.165, 1.54) is 7.11 Å². The van der Waals surface area contributed by atoms with Gasteiger partial charge in [-0.3, -0.25) is 4.79 Å². The van der Waals surface area contributed by atoms with E-state index in [0.717, 1.165) is 0 Å². The van der Waals surface area contributed by atoms with E-state index >= 15 is 0 Å². The number of methoxy groups -OCH3 is 3. The number of Topliss-reactive ketones (excluding diaryl/α,β-unsaturated/α-hetero) is 1. The minimum absolute atomic E-state index is 0.0130. The van der Waals surface area contributed by atoms with Crippen molar-refractivity contribution in [3.63, 3.8) is 0 Å². The Morgan fingerprint density at radius 1 is 1.24 bits per heavy atom. The fraction of sp³-hybridized carbons (Fsp3) is 0.462. The predicted molar refractivity (Wildman–Crippen MR) is 64.6 cm³/mol. The summed E-state index contributed by atoms with van der Waals surface area (Å²) in [6.45, 7) is 1.81. The molecule has 1 aromatic rings. The van der Waals surface area contributed by atoms with Gasteiger partial charge in [-0.2, -0.15) is 0 Å². The van der Waals surface area contributed by atoms with Gasteiger partial charge < -0.3 is 14.2 Å². The Kier molecular flexibility index (Phi) is 4.97. The second-order valence-electron chi connectivity index (χ2n) is 3.54. The molecule has 1 unspecified atom stereocenters. The van der Waals surface area contributed by atoms with Crippen molar-refractivity contribution < 1.29 is 19.0 Å². The van der Waals surface area contributed by atoms with E-state index in [9.17, 15) is 4.79 Å². The predicted octanol–water partition coefficient (Wildman–Crippen LogP) is 2.37. The molecule has 1 atom stereocenters. The summed E-state index contributed by atoms with van der Waals surface area (Å²) >= 11 is 0. The van der Waals surface area contributed by atoms with Crippen molar-refractivity contribution in [3.05, 3.63) is 23.8 Å². The molecule has 1 rings (SSSR count). The van der Waals surface area contributed by atoms with Gasteiger partial charge in [0.1, 0.15) is 17.6 Å². The van der Waals surface area contributed by atoms with Gasteiger partial charge in [0.25, 0.3) is 0 Å². The highest BCUT2D eigenvalue weighted by molar-refractivity contribution is 5.85. The summed E-state index contributed by atoms with van der Waals surface area (Å²) in [7, 11) is 4.65. The molecule has 17 heavy (non-hydrogen) atoms. The van der Waals surface area contributed by atoms with Gasteiger partial charge in [-0.25, -0.2) is 0 Å². The molecule has 0 N–H and O–H groups in total. The first-order valence-electron chi connectivity index (χ1n) is 5.45. The van der Waals surface area contributed by atoms with Crippen LogP contribution in [0.2, 0.25) is 0 Å². The maximum absolute atomic E-state index is 11.8. The maximum atomic E-state index is 11.8. The van der Waals surface area contributed by atoms with Crippen molar-refractivity contribution in [2.75, 3.05) is 21.3 Å². The molecule has 0 saturated heterocycles. The molecule has 0 heterocycles. The van der Waals surface area contributed by atoms with E-state index in [4.69, 9.17) is 14.2 Å². The highest BCUT2D eigenvalue weighted by Crippen LogP contribution is 2.32. The first kappa shape index (κ1) is 13.5. The van der Waals surface area contributed by atoms with Crippen molar-refractivity contribution in [1.29, 1.82) is 0 Å². The van der Waals surface area contributed by atoms with Gasteiger partial charge in [0.2, 0.25) is 0 Å². The summed E-state index contributed by atoms with van der Waals surface area (Å²) in [5.74, 6) is 1.31. The van der Waals surface area contributed by atoms with Gasteiger partial charge in [0.15, 0.2) is 5.78 Å². The number of carbonyl (C=O) groups is 1. The molecular formula is C13H18O4. The van der Waals surface area contributed by atoms with Crippen LogP contribution in [-0.4, -0.2) is 27.1 Å². The summed E-state index contributed by atoms with van der Waals surface area (Å²) in [6.07, 6.45) is -0.191. The summed E-state index contributed by atoms with van der Waals surface area (Å²) in [4.78, 5) is 11.8. The van der Waals surface area contributed by atoms with Crippen molar-refractivity contribution in [2.24, 2.45) is 0 Å². The van der Waals surface area contributed by atoms with Gasteiger partial charge in [0, 0.05) is 19.1 Å². The van der Waals surface area contributed by atoms with Crippen LogP contribution >= 0.6 is 0 Å². The van der Waals surface area contributed by atoms with Crippen LogP contribution in [-0.2, 0) is 9.53 Å². The number of benzene rings is 1. The SMILES string of the molecule is CCC(=O)C(OC)c1cc(OC)ccc1OC. The maximum Gasteiger partial charge on any atom is 0.165 e. The average molecular weight is 238 g/mol.